The summed E-state index contributed by atoms with van der Waals surface area (Å²) < 4.78 is 12.8. The van der Waals surface area contributed by atoms with Gasteiger partial charge in [-0.2, -0.15) is 0 Å². The minimum absolute atomic E-state index is 0.110. The van der Waals surface area contributed by atoms with Crippen molar-refractivity contribution >= 4 is 28.2 Å². The molecule has 20 heavy (non-hydrogen) atoms. The van der Waals surface area contributed by atoms with Gasteiger partial charge in [-0.3, -0.25) is 4.79 Å². The molecule has 0 unspecified atom stereocenters. The molecule has 0 radical (unpaired) electrons. The average molecular weight is 294 g/mol. The van der Waals surface area contributed by atoms with Gasteiger partial charge in [-0.05, 0) is 17.7 Å². The number of thiazole rings is 1. The van der Waals surface area contributed by atoms with E-state index in [1.165, 1.54) is 19.1 Å². The Morgan fingerprint density at radius 3 is 2.50 bits per heavy atom. The Morgan fingerprint density at radius 1 is 1.35 bits per heavy atom. The van der Waals surface area contributed by atoms with Crippen LogP contribution in [0.1, 0.15) is 32.6 Å². The van der Waals surface area contributed by atoms with Gasteiger partial charge in [0.1, 0.15) is 10.7 Å². The standard InChI is InChI=1S/C13H11FN2O3S/c1-7(17)11-10(12(18)19)16-13(20-11)15-6-8-2-4-9(14)5-3-8/h2-5H,6H2,1H3,(H,15,16)(H,18,19). The van der Waals surface area contributed by atoms with Crippen LogP contribution in [-0.4, -0.2) is 21.8 Å². The van der Waals surface area contributed by atoms with Crippen molar-refractivity contribution in [2.24, 2.45) is 0 Å². The van der Waals surface area contributed by atoms with E-state index in [-0.39, 0.29) is 22.2 Å². The molecule has 7 heteroatoms. The van der Waals surface area contributed by atoms with Gasteiger partial charge in [-0.15, -0.1) is 0 Å². The van der Waals surface area contributed by atoms with Crippen LogP contribution in [0.3, 0.4) is 0 Å². The first-order valence-electron chi connectivity index (χ1n) is 5.70. The molecule has 0 aliphatic heterocycles. The predicted octanol–water partition coefficient (Wildman–Crippen LogP) is 2.80. The Labute approximate surface area is 118 Å². The molecule has 1 aromatic heterocycles. The van der Waals surface area contributed by atoms with Crippen LogP contribution in [0.25, 0.3) is 0 Å². The van der Waals surface area contributed by atoms with Crippen LogP contribution in [-0.2, 0) is 6.54 Å². The van der Waals surface area contributed by atoms with Gasteiger partial charge in [0.2, 0.25) is 0 Å². The minimum atomic E-state index is -1.23. The van der Waals surface area contributed by atoms with Crippen molar-refractivity contribution in [2.45, 2.75) is 13.5 Å². The highest BCUT2D eigenvalue weighted by Crippen LogP contribution is 2.24. The maximum atomic E-state index is 12.8. The summed E-state index contributed by atoms with van der Waals surface area (Å²) in [6, 6.07) is 5.89. The minimum Gasteiger partial charge on any atom is -0.476 e. The number of anilines is 1. The Hall–Kier alpha value is -2.28. The number of nitrogens with zero attached hydrogens (tertiary/aromatic N) is 1. The first kappa shape index (κ1) is 14.1. The van der Waals surface area contributed by atoms with E-state index >= 15 is 0 Å². The summed E-state index contributed by atoms with van der Waals surface area (Å²) in [6.45, 7) is 1.66. The third-order valence-corrected chi connectivity index (χ3v) is 3.62. The van der Waals surface area contributed by atoms with Crippen LogP contribution in [0.2, 0.25) is 0 Å². The largest absolute Gasteiger partial charge is 0.476 e. The first-order chi connectivity index (χ1) is 9.47. The fraction of sp³-hybridized carbons (Fsp3) is 0.154. The van der Waals surface area contributed by atoms with Crippen molar-refractivity contribution in [3.05, 3.63) is 46.2 Å². The maximum Gasteiger partial charge on any atom is 0.356 e. The molecule has 104 valence electrons. The monoisotopic (exact) mass is 294 g/mol. The number of carbonyl (C=O) groups is 2. The zero-order valence-corrected chi connectivity index (χ0v) is 11.3. The predicted molar refractivity (Wildman–Crippen MR) is 72.8 cm³/mol. The van der Waals surface area contributed by atoms with E-state index in [0.717, 1.165) is 16.9 Å². The van der Waals surface area contributed by atoms with E-state index in [2.05, 4.69) is 10.3 Å². The van der Waals surface area contributed by atoms with E-state index in [1.807, 2.05) is 0 Å². The molecule has 0 spiro atoms. The van der Waals surface area contributed by atoms with Gasteiger partial charge in [-0.25, -0.2) is 14.2 Å². The van der Waals surface area contributed by atoms with Crippen molar-refractivity contribution in [3.63, 3.8) is 0 Å². The van der Waals surface area contributed by atoms with Crippen molar-refractivity contribution in [1.29, 1.82) is 0 Å². The van der Waals surface area contributed by atoms with Crippen molar-refractivity contribution in [1.82, 2.24) is 4.98 Å². The number of rotatable bonds is 5. The summed E-state index contributed by atoms with van der Waals surface area (Å²) in [7, 11) is 0. The second-order valence-corrected chi connectivity index (χ2v) is 5.04. The van der Waals surface area contributed by atoms with Crippen LogP contribution >= 0.6 is 11.3 Å². The number of aromatic carboxylic acids is 1. The van der Waals surface area contributed by atoms with Gasteiger partial charge in [0.25, 0.3) is 0 Å². The molecule has 0 saturated carbocycles. The number of nitrogens with one attached hydrogen (secondary N) is 1. The zero-order valence-electron chi connectivity index (χ0n) is 10.5. The lowest BCUT2D eigenvalue weighted by Gasteiger charge is -2.02. The summed E-state index contributed by atoms with van der Waals surface area (Å²) in [5, 5.41) is 12.2. The molecule has 0 aliphatic carbocycles. The fourth-order valence-corrected chi connectivity index (χ4v) is 2.41. The molecular formula is C13H11FN2O3S. The van der Waals surface area contributed by atoms with Crippen LogP contribution in [0.5, 0.6) is 0 Å². The van der Waals surface area contributed by atoms with Gasteiger partial charge >= 0.3 is 5.97 Å². The number of Topliss-reactive ketones (excluding diaryl/α,β-unsaturated/α-hetero) is 1. The normalized spacial score (nSPS) is 10.3. The zero-order chi connectivity index (χ0) is 14.7. The average Bonchev–Trinajstić information content (AvgIpc) is 2.83. The lowest BCUT2D eigenvalue weighted by molar-refractivity contribution is 0.0687. The molecule has 2 rings (SSSR count). The van der Waals surface area contributed by atoms with E-state index < -0.39 is 5.97 Å². The Bertz CT molecular complexity index is 621. The van der Waals surface area contributed by atoms with Crippen LogP contribution in [0.4, 0.5) is 9.52 Å². The maximum absolute atomic E-state index is 12.8. The third-order valence-electron chi connectivity index (χ3n) is 2.51. The Balaban J connectivity index is 2.14. The molecule has 0 amide bonds. The second kappa shape index (κ2) is 5.79. The van der Waals surface area contributed by atoms with Gasteiger partial charge in [-0.1, -0.05) is 23.5 Å². The molecule has 5 nitrogen and oxygen atoms in total. The lowest BCUT2D eigenvalue weighted by atomic mass is 10.2. The highest BCUT2D eigenvalue weighted by molar-refractivity contribution is 7.17. The Morgan fingerprint density at radius 2 is 2.00 bits per heavy atom. The molecular weight excluding hydrogens is 283 g/mol. The number of benzene rings is 1. The van der Waals surface area contributed by atoms with Crippen molar-refractivity contribution in [2.75, 3.05) is 5.32 Å². The fourth-order valence-electron chi connectivity index (χ4n) is 1.56. The summed E-state index contributed by atoms with van der Waals surface area (Å²) in [6.07, 6.45) is 0. The second-order valence-electron chi connectivity index (χ2n) is 4.04. The molecule has 0 saturated heterocycles. The molecule has 2 N–H and O–H groups in total. The van der Waals surface area contributed by atoms with Crippen molar-refractivity contribution < 1.29 is 19.1 Å². The lowest BCUT2D eigenvalue weighted by Crippen LogP contribution is -2.04. The molecule has 1 heterocycles. The van der Waals surface area contributed by atoms with Gasteiger partial charge in [0.05, 0.1) is 0 Å². The van der Waals surface area contributed by atoms with Gasteiger partial charge < -0.3 is 10.4 Å². The topological polar surface area (TPSA) is 79.3 Å². The van der Waals surface area contributed by atoms with E-state index in [0.29, 0.717) is 11.7 Å². The molecule has 1 aromatic carbocycles. The molecule has 0 aliphatic rings. The highest BCUT2D eigenvalue weighted by Gasteiger charge is 2.20. The summed E-state index contributed by atoms with van der Waals surface area (Å²) in [5.74, 6) is -1.90. The molecule has 0 atom stereocenters. The Kier molecular flexibility index (Phi) is 4.09. The van der Waals surface area contributed by atoms with Crippen LogP contribution in [0, 0.1) is 5.82 Å². The number of carboxylic acids is 1. The first-order valence-corrected chi connectivity index (χ1v) is 6.52. The number of ketones is 1. The number of carboxylic acid groups (broad SMARTS) is 1. The number of halogens is 1. The number of hydrogen-bond donors (Lipinski definition) is 2. The number of hydrogen-bond acceptors (Lipinski definition) is 5. The number of aromatic nitrogens is 1. The SMILES string of the molecule is CC(=O)c1sc(NCc2ccc(F)cc2)nc1C(=O)O. The van der Waals surface area contributed by atoms with E-state index in [1.54, 1.807) is 12.1 Å². The smallest absolute Gasteiger partial charge is 0.356 e. The highest BCUT2D eigenvalue weighted by atomic mass is 32.1. The summed E-state index contributed by atoms with van der Waals surface area (Å²) in [5.41, 5.74) is 0.576. The van der Waals surface area contributed by atoms with E-state index in [9.17, 15) is 14.0 Å². The summed E-state index contributed by atoms with van der Waals surface area (Å²) in [4.78, 5) is 26.3. The van der Waals surface area contributed by atoms with Gasteiger partial charge in [0, 0.05) is 13.5 Å². The third kappa shape index (κ3) is 3.18. The van der Waals surface area contributed by atoms with Gasteiger partial charge in [0.15, 0.2) is 16.6 Å². The number of carbonyl (C=O) groups excluding carboxylic acids is 1. The van der Waals surface area contributed by atoms with Crippen LogP contribution < -0.4 is 5.32 Å². The van der Waals surface area contributed by atoms with Crippen LogP contribution in [0.15, 0.2) is 24.3 Å². The van der Waals surface area contributed by atoms with E-state index in [4.69, 9.17) is 5.11 Å². The molecule has 0 fully saturated rings. The molecule has 0 bridgehead atoms. The quantitative estimate of drug-likeness (QED) is 0.829. The van der Waals surface area contributed by atoms with Crippen molar-refractivity contribution in [3.8, 4) is 0 Å². The molecule has 2 aromatic rings. The summed E-state index contributed by atoms with van der Waals surface area (Å²) >= 11 is 0.992.